The Bertz CT molecular complexity index is 618. The Morgan fingerprint density at radius 1 is 1.15 bits per heavy atom. The number of likely N-dealkylation sites (tertiary alicyclic amines) is 1. The monoisotopic (exact) mass is 390 g/mol. The van der Waals surface area contributed by atoms with Crippen LogP contribution >= 0.6 is 11.6 Å². The van der Waals surface area contributed by atoms with E-state index in [-0.39, 0.29) is 12.1 Å². The highest BCUT2D eigenvalue weighted by Gasteiger charge is 2.26. The summed E-state index contributed by atoms with van der Waals surface area (Å²) in [5.41, 5.74) is 0. The van der Waals surface area contributed by atoms with E-state index in [0.29, 0.717) is 16.7 Å². The molecule has 27 heavy (non-hydrogen) atoms. The highest BCUT2D eigenvalue weighted by Crippen LogP contribution is 2.28. The van der Waals surface area contributed by atoms with Crippen LogP contribution in [0.25, 0.3) is 0 Å². The Balaban J connectivity index is 1.39. The Morgan fingerprint density at radius 2 is 1.81 bits per heavy atom. The number of piperidine rings is 1. The standard InChI is InChI=1S/C22H31ClN2O2/c1-24(22(26)27-21-13-9-19(23)10-14-21)20-11-7-18(8-12-20)6-5-17-25-15-3-2-4-16-25/h5-6,9-10,13-14,18,20H,2-4,7-8,11-12,15-17H2,1H3. The van der Waals surface area contributed by atoms with Gasteiger partial charge in [-0.3, -0.25) is 4.90 Å². The Morgan fingerprint density at radius 3 is 2.48 bits per heavy atom. The average molecular weight is 391 g/mol. The maximum atomic E-state index is 12.4. The number of nitrogens with zero attached hydrogens (tertiary/aromatic N) is 2. The average Bonchev–Trinajstić information content (AvgIpc) is 2.70. The molecule has 1 aliphatic carbocycles. The van der Waals surface area contributed by atoms with Crippen LogP contribution < -0.4 is 4.74 Å². The second kappa shape index (κ2) is 10.1. The molecule has 148 valence electrons. The number of amides is 1. The normalized spacial score (nSPS) is 24.1. The molecule has 1 saturated carbocycles. The van der Waals surface area contributed by atoms with Crippen LogP contribution in [0.1, 0.15) is 44.9 Å². The summed E-state index contributed by atoms with van der Waals surface area (Å²) in [6.07, 6.45) is 12.9. The van der Waals surface area contributed by atoms with Crippen molar-refractivity contribution in [2.75, 3.05) is 26.7 Å². The lowest BCUT2D eigenvalue weighted by Gasteiger charge is -2.33. The zero-order valence-electron chi connectivity index (χ0n) is 16.3. The topological polar surface area (TPSA) is 32.8 Å². The summed E-state index contributed by atoms with van der Waals surface area (Å²) >= 11 is 5.87. The molecule has 0 aromatic heterocycles. The summed E-state index contributed by atoms with van der Waals surface area (Å²) in [6.45, 7) is 3.59. The van der Waals surface area contributed by atoms with Gasteiger partial charge in [-0.25, -0.2) is 4.79 Å². The fraction of sp³-hybridized carbons (Fsp3) is 0.591. The third-order valence-electron chi connectivity index (χ3n) is 5.82. The van der Waals surface area contributed by atoms with Crippen LogP contribution in [-0.2, 0) is 0 Å². The number of benzene rings is 1. The summed E-state index contributed by atoms with van der Waals surface area (Å²) in [7, 11) is 1.84. The molecular formula is C22H31ClN2O2. The van der Waals surface area contributed by atoms with E-state index in [0.717, 1.165) is 32.2 Å². The number of allylic oxidation sites excluding steroid dienone is 1. The molecule has 1 aliphatic heterocycles. The minimum atomic E-state index is -0.290. The van der Waals surface area contributed by atoms with E-state index in [1.165, 1.54) is 32.4 Å². The Hall–Kier alpha value is -1.52. The first-order valence-corrected chi connectivity index (χ1v) is 10.6. The van der Waals surface area contributed by atoms with Gasteiger partial charge in [0.2, 0.25) is 0 Å². The minimum absolute atomic E-state index is 0.261. The van der Waals surface area contributed by atoms with Gasteiger partial charge in [-0.15, -0.1) is 0 Å². The van der Waals surface area contributed by atoms with Gasteiger partial charge < -0.3 is 9.64 Å². The van der Waals surface area contributed by atoms with Crippen molar-refractivity contribution >= 4 is 17.7 Å². The zero-order chi connectivity index (χ0) is 19.1. The van der Waals surface area contributed by atoms with Gasteiger partial charge in [0, 0.05) is 24.7 Å². The maximum Gasteiger partial charge on any atom is 0.415 e. The number of hydrogen-bond acceptors (Lipinski definition) is 3. The number of hydrogen-bond donors (Lipinski definition) is 0. The van der Waals surface area contributed by atoms with Crippen molar-refractivity contribution in [2.24, 2.45) is 5.92 Å². The highest BCUT2D eigenvalue weighted by molar-refractivity contribution is 6.30. The molecule has 5 heteroatoms. The number of carbonyl (C=O) groups excluding carboxylic acids is 1. The smallest absolute Gasteiger partial charge is 0.410 e. The van der Waals surface area contributed by atoms with Crippen LogP contribution in [0.4, 0.5) is 4.79 Å². The van der Waals surface area contributed by atoms with Gasteiger partial charge >= 0.3 is 6.09 Å². The van der Waals surface area contributed by atoms with Crippen LogP contribution in [0.15, 0.2) is 36.4 Å². The van der Waals surface area contributed by atoms with Crippen molar-refractivity contribution < 1.29 is 9.53 Å². The summed E-state index contributed by atoms with van der Waals surface area (Å²) in [5, 5.41) is 0.634. The van der Waals surface area contributed by atoms with Crippen LogP contribution in [0.2, 0.25) is 5.02 Å². The number of halogens is 1. The predicted octanol–water partition coefficient (Wildman–Crippen LogP) is 5.37. The van der Waals surface area contributed by atoms with E-state index < -0.39 is 0 Å². The van der Waals surface area contributed by atoms with E-state index >= 15 is 0 Å². The molecule has 0 N–H and O–H groups in total. The van der Waals surface area contributed by atoms with Gasteiger partial charge in [0.05, 0.1) is 0 Å². The van der Waals surface area contributed by atoms with Gasteiger partial charge in [0.1, 0.15) is 5.75 Å². The second-order valence-corrected chi connectivity index (χ2v) is 8.23. The number of rotatable bonds is 5. The zero-order valence-corrected chi connectivity index (χ0v) is 17.0. The van der Waals surface area contributed by atoms with Gasteiger partial charge in [0.25, 0.3) is 0 Å². The maximum absolute atomic E-state index is 12.4. The molecule has 0 spiro atoms. The molecule has 4 nitrogen and oxygen atoms in total. The van der Waals surface area contributed by atoms with Gasteiger partial charge in [-0.2, -0.15) is 0 Å². The van der Waals surface area contributed by atoms with Crippen molar-refractivity contribution in [3.05, 3.63) is 41.4 Å². The summed E-state index contributed by atoms with van der Waals surface area (Å²) in [6, 6.07) is 7.16. The van der Waals surface area contributed by atoms with E-state index in [1.54, 1.807) is 29.2 Å². The molecule has 2 aliphatic rings. The molecule has 1 aromatic carbocycles. The molecule has 0 atom stereocenters. The highest BCUT2D eigenvalue weighted by atomic mass is 35.5. The van der Waals surface area contributed by atoms with Gasteiger partial charge in [-0.05, 0) is 81.8 Å². The van der Waals surface area contributed by atoms with Crippen LogP contribution in [-0.4, -0.2) is 48.6 Å². The van der Waals surface area contributed by atoms with Crippen molar-refractivity contribution in [3.8, 4) is 5.75 Å². The lowest BCUT2D eigenvalue weighted by Crippen LogP contribution is -2.40. The largest absolute Gasteiger partial charge is 0.415 e. The van der Waals surface area contributed by atoms with Crippen molar-refractivity contribution in [3.63, 3.8) is 0 Å². The van der Waals surface area contributed by atoms with Crippen molar-refractivity contribution in [1.82, 2.24) is 9.80 Å². The lowest BCUT2D eigenvalue weighted by molar-refractivity contribution is 0.128. The summed E-state index contributed by atoms with van der Waals surface area (Å²) < 4.78 is 5.45. The fourth-order valence-corrected chi connectivity index (χ4v) is 4.18. The number of ether oxygens (including phenoxy) is 1. The number of carbonyl (C=O) groups is 1. The Kier molecular flexibility index (Phi) is 7.59. The summed E-state index contributed by atoms with van der Waals surface area (Å²) in [4.78, 5) is 16.7. The fourth-order valence-electron chi connectivity index (χ4n) is 4.05. The lowest BCUT2D eigenvalue weighted by atomic mass is 9.85. The van der Waals surface area contributed by atoms with E-state index in [2.05, 4.69) is 17.1 Å². The first kappa shape index (κ1) is 20.2. The molecule has 0 unspecified atom stereocenters. The minimum Gasteiger partial charge on any atom is -0.410 e. The molecule has 1 saturated heterocycles. The molecule has 0 radical (unpaired) electrons. The second-order valence-electron chi connectivity index (χ2n) is 7.79. The molecule has 2 fully saturated rings. The molecule has 3 rings (SSSR count). The SMILES string of the molecule is CN(C(=O)Oc1ccc(Cl)cc1)C1CCC(C=CCN2CCCCC2)CC1. The molecular weight excluding hydrogens is 360 g/mol. The molecule has 1 amide bonds. The molecule has 0 bridgehead atoms. The Labute approximate surface area is 168 Å². The van der Waals surface area contributed by atoms with Gasteiger partial charge in [-0.1, -0.05) is 30.2 Å². The van der Waals surface area contributed by atoms with Crippen molar-refractivity contribution in [1.29, 1.82) is 0 Å². The van der Waals surface area contributed by atoms with Crippen LogP contribution in [0.5, 0.6) is 5.75 Å². The quantitative estimate of drug-likeness (QED) is 0.633. The third kappa shape index (κ3) is 6.25. The van der Waals surface area contributed by atoms with E-state index in [4.69, 9.17) is 16.3 Å². The predicted molar refractivity (Wildman–Crippen MR) is 110 cm³/mol. The first-order chi connectivity index (χ1) is 13.1. The van der Waals surface area contributed by atoms with Crippen LogP contribution in [0, 0.1) is 5.92 Å². The van der Waals surface area contributed by atoms with E-state index in [1.807, 2.05) is 7.05 Å². The van der Waals surface area contributed by atoms with E-state index in [9.17, 15) is 4.79 Å². The van der Waals surface area contributed by atoms with Crippen molar-refractivity contribution in [2.45, 2.75) is 51.0 Å². The molecule has 1 heterocycles. The molecule has 1 aromatic rings. The third-order valence-corrected chi connectivity index (χ3v) is 6.07. The first-order valence-electron chi connectivity index (χ1n) is 10.2. The van der Waals surface area contributed by atoms with Crippen LogP contribution in [0.3, 0.4) is 0 Å². The summed E-state index contributed by atoms with van der Waals surface area (Å²) in [5.74, 6) is 1.18. The van der Waals surface area contributed by atoms with Gasteiger partial charge in [0.15, 0.2) is 0 Å².